The predicted octanol–water partition coefficient (Wildman–Crippen LogP) is 0.395. The molecule has 1 fully saturated rings. The van der Waals surface area contributed by atoms with Crippen LogP contribution in [0.2, 0.25) is 0 Å². The first-order chi connectivity index (χ1) is 8.55. The highest BCUT2D eigenvalue weighted by Gasteiger charge is 2.46. The maximum Gasteiger partial charge on any atom is 0.282 e. The van der Waals surface area contributed by atoms with Crippen LogP contribution in [0.25, 0.3) is 0 Å². The molecule has 0 saturated carbocycles. The topological polar surface area (TPSA) is 50.2 Å². The van der Waals surface area contributed by atoms with Crippen molar-refractivity contribution in [3.8, 4) is 0 Å². The smallest absolute Gasteiger partial charge is 0.282 e. The molecule has 3 rings (SSSR count). The fraction of sp³-hybridized carbons (Fsp3) is 0.636. The number of amides is 1. The SMILES string of the molecule is O=C(C[C@@H]1CNCc2ccnn21)N1CC(F)(F)C1. The molecule has 1 aromatic heterocycles. The van der Waals surface area contributed by atoms with Crippen molar-refractivity contribution in [3.63, 3.8) is 0 Å². The Balaban J connectivity index is 1.63. The number of rotatable bonds is 2. The Bertz CT molecular complexity index is 465. The monoisotopic (exact) mass is 256 g/mol. The van der Waals surface area contributed by atoms with Crippen LogP contribution in [-0.2, 0) is 11.3 Å². The largest absolute Gasteiger partial charge is 0.330 e. The minimum absolute atomic E-state index is 0.0783. The van der Waals surface area contributed by atoms with Crippen molar-refractivity contribution in [2.75, 3.05) is 19.6 Å². The van der Waals surface area contributed by atoms with E-state index >= 15 is 0 Å². The van der Waals surface area contributed by atoms with E-state index in [0.717, 1.165) is 12.2 Å². The van der Waals surface area contributed by atoms with Crippen molar-refractivity contribution in [3.05, 3.63) is 18.0 Å². The maximum absolute atomic E-state index is 12.7. The standard InChI is InChI=1S/C11H14F2N4O/c12-11(13)6-16(7-11)10(18)3-9-5-14-4-8-1-2-15-17(8)9/h1-2,9,14H,3-7H2/t9-/m1/s1. The van der Waals surface area contributed by atoms with Gasteiger partial charge in [-0.05, 0) is 6.07 Å². The van der Waals surface area contributed by atoms with Gasteiger partial charge in [-0.3, -0.25) is 9.48 Å². The van der Waals surface area contributed by atoms with Gasteiger partial charge < -0.3 is 10.2 Å². The van der Waals surface area contributed by atoms with Gasteiger partial charge in [0.2, 0.25) is 5.91 Å². The summed E-state index contributed by atoms with van der Waals surface area (Å²) in [6.45, 7) is 0.479. The summed E-state index contributed by atoms with van der Waals surface area (Å²) in [7, 11) is 0. The Hall–Kier alpha value is -1.50. The minimum Gasteiger partial charge on any atom is -0.330 e. The van der Waals surface area contributed by atoms with E-state index < -0.39 is 19.0 Å². The highest BCUT2D eigenvalue weighted by Crippen LogP contribution is 2.28. The third-order valence-corrected chi connectivity index (χ3v) is 3.39. The highest BCUT2D eigenvalue weighted by atomic mass is 19.3. The summed E-state index contributed by atoms with van der Waals surface area (Å²) in [4.78, 5) is 13.0. The van der Waals surface area contributed by atoms with Crippen molar-refractivity contribution >= 4 is 5.91 Å². The van der Waals surface area contributed by atoms with Crippen LogP contribution in [0.15, 0.2) is 12.3 Å². The van der Waals surface area contributed by atoms with Crippen LogP contribution in [0.1, 0.15) is 18.2 Å². The summed E-state index contributed by atoms with van der Waals surface area (Å²) in [5.41, 5.74) is 1.02. The Labute approximate surface area is 103 Å². The quantitative estimate of drug-likeness (QED) is 0.833. The van der Waals surface area contributed by atoms with Crippen molar-refractivity contribution in [2.24, 2.45) is 0 Å². The first-order valence-electron chi connectivity index (χ1n) is 5.94. The number of halogens is 2. The molecule has 0 aliphatic carbocycles. The van der Waals surface area contributed by atoms with Crippen LogP contribution in [0.4, 0.5) is 8.78 Å². The number of carbonyl (C=O) groups excluding carboxylic acids is 1. The van der Waals surface area contributed by atoms with Gasteiger partial charge in [0.1, 0.15) is 0 Å². The number of fused-ring (bicyclic) bond motifs is 1. The second-order valence-corrected chi connectivity index (χ2v) is 4.86. The molecule has 1 amide bonds. The molecule has 98 valence electrons. The molecule has 2 aliphatic rings. The van der Waals surface area contributed by atoms with Gasteiger partial charge in [0.25, 0.3) is 5.92 Å². The van der Waals surface area contributed by atoms with Gasteiger partial charge in [-0.25, -0.2) is 8.78 Å². The lowest BCUT2D eigenvalue weighted by atomic mass is 10.1. The lowest BCUT2D eigenvalue weighted by Crippen LogP contribution is -2.58. The zero-order chi connectivity index (χ0) is 12.8. The number of aromatic nitrogens is 2. The molecule has 18 heavy (non-hydrogen) atoms. The number of nitrogens with zero attached hydrogens (tertiary/aromatic N) is 3. The van der Waals surface area contributed by atoms with Crippen LogP contribution in [0, 0.1) is 0 Å². The van der Waals surface area contributed by atoms with E-state index in [1.807, 2.05) is 10.7 Å². The molecule has 7 heteroatoms. The van der Waals surface area contributed by atoms with E-state index in [-0.39, 0.29) is 18.4 Å². The van der Waals surface area contributed by atoms with Gasteiger partial charge in [-0.2, -0.15) is 5.10 Å². The zero-order valence-electron chi connectivity index (χ0n) is 9.77. The first kappa shape index (κ1) is 11.6. The molecular weight excluding hydrogens is 242 g/mol. The zero-order valence-corrected chi connectivity index (χ0v) is 9.77. The van der Waals surface area contributed by atoms with Crippen molar-refractivity contribution in [1.29, 1.82) is 0 Å². The van der Waals surface area contributed by atoms with Crippen LogP contribution in [0.3, 0.4) is 0 Å². The molecule has 5 nitrogen and oxygen atoms in total. The summed E-state index contributed by atoms with van der Waals surface area (Å²) in [6.07, 6.45) is 1.91. The Morgan fingerprint density at radius 3 is 3.06 bits per heavy atom. The van der Waals surface area contributed by atoms with E-state index in [9.17, 15) is 13.6 Å². The minimum atomic E-state index is -2.70. The van der Waals surface area contributed by atoms with E-state index in [2.05, 4.69) is 10.4 Å². The number of carbonyl (C=O) groups is 1. The molecule has 0 unspecified atom stereocenters. The van der Waals surface area contributed by atoms with E-state index in [1.165, 1.54) is 4.90 Å². The Morgan fingerprint density at radius 1 is 1.56 bits per heavy atom. The predicted molar refractivity (Wildman–Crippen MR) is 59.1 cm³/mol. The van der Waals surface area contributed by atoms with Gasteiger partial charge in [-0.15, -0.1) is 0 Å². The second-order valence-electron chi connectivity index (χ2n) is 4.86. The summed E-state index contributed by atoms with van der Waals surface area (Å²) in [5.74, 6) is -2.92. The molecule has 3 heterocycles. The fourth-order valence-corrected chi connectivity index (χ4v) is 2.44. The number of nitrogens with one attached hydrogen (secondary N) is 1. The number of hydrogen-bond donors (Lipinski definition) is 1. The lowest BCUT2D eigenvalue weighted by Gasteiger charge is -2.39. The Kier molecular flexibility index (Phi) is 2.58. The molecule has 1 N–H and O–H groups in total. The summed E-state index contributed by atoms with van der Waals surface area (Å²) >= 11 is 0. The lowest BCUT2D eigenvalue weighted by molar-refractivity contribution is -0.166. The van der Waals surface area contributed by atoms with Gasteiger partial charge in [0.15, 0.2) is 0 Å². The molecule has 1 aromatic rings. The van der Waals surface area contributed by atoms with Gasteiger partial charge in [0.05, 0.1) is 31.2 Å². The highest BCUT2D eigenvalue weighted by molar-refractivity contribution is 5.77. The fourth-order valence-electron chi connectivity index (χ4n) is 2.44. The van der Waals surface area contributed by atoms with Crippen LogP contribution in [0.5, 0.6) is 0 Å². The molecule has 1 saturated heterocycles. The summed E-state index contributed by atoms with van der Waals surface area (Å²) in [5, 5.41) is 7.37. The average molecular weight is 256 g/mol. The van der Waals surface area contributed by atoms with Crippen LogP contribution >= 0.6 is 0 Å². The number of likely N-dealkylation sites (tertiary alicyclic amines) is 1. The van der Waals surface area contributed by atoms with E-state index in [4.69, 9.17) is 0 Å². The van der Waals surface area contributed by atoms with Gasteiger partial charge in [-0.1, -0.05) is 0 Å². The van der Waals surface area contributed by atoms with E-state index in [0.29, 0.717) is 6.54 Å². The number of hydrogen-bond acceptors (Lipinski definition) is 3. The average Bonchev–Trinajstić information content (AvgIpc) is 2.74. The molecule has 0 aromatic carbocycles. The van der Waals surface area contributed by atoms with Crippen LogP contribution in [-0.4, -0.2) is 46.1 Å². The van der Waals surface area contributed by atoms with Crippen LogP contribution < -0.4 is 5.32 Å². The molecule has 1 atom stereocenters. The summed E-state index contributed by atoms with van der Waals surface area (Å²) < 4.78 is 27.2. The third kappa shape index (κ3) is 1.98. The Morgan fingerprint density at radius 2 is 2.33 bits per heavy atom. The summed E-state index contributed by atoms with van der Waals surface area (Å²) in [6, 6.07) is 1.81. The normalized spacial score (nSPS) is 25.4. The van der Waals surface area contributed by atoms with Crippen molar-refractivity contribution < 1.29 is 13.6 Å². The van der Waals surface area contributed by atoms with Gasteiger partial charge >= 0.3 is 0 Å². The maximum atomic E-state index is 12.7. The first-order valence-corrected chi connectivity index (χ1v) is 5.94. The van der Waals surface area contributed by atoms with Crippen molar-refractivity contribution in [2.45, 2.75) is 24.9 Å². The number of alkyl halides is 2. The molecule has 0 radical (unpaired) electrons. The molecule has 0 spiro atoms. The second kappa shape index (κ2) is 4.01. The van der Waals surface area contributed by atoms with Gasteiger partial charge in [0, 0.05) is 19.3 Å². The molecule has 0 bridgehead atoms. The van der Waals surface area contributed by atoms with E-state index in [1.54, 1.807) is 6.20 Å². The van der Waals surface area contributed by atoms with Crippen molar-refractivity contribution in [1.82, 2.24) is 20.0 Å². The molecular formula is C11H14F2N4O. The molecule has 2 aliphatic heterocycles. The third-order valence-electron chi connectivity index (χ3n) is 3.39.